The van der Waals surface area contributed by atoms with Gasteiger partial charge in [-0.15, -0.1) is 0 Å². The van der Waals surface area contributed by atoms with Crippen molar-refractivity contribution in [2.75, 3.05) is 4.90 Å². The van der Waals surface area contributed by atoms with Crippen molar-refractivity contribution in [1.82, 2.24) is 5.32 Å². The quantitative estimate of drug-likeness (QED) is 0.270. The predicted octanol–water partition coefficient (Wildman–Crippen LogP) is 6.42. The summed E-state index contributed by atoms with van der Waals surface area (Å²) in [5.74, 6) is -0.885. The van der Waals surface area contributed by atoms with E-state index in [1.807, 2.05) is 25.1 Å². The Morgan fingerprint density at radius 1 is 1.00 bits per heavy atom. The Labute approximate surface area is 217 Å². The third-order valence-electron chi connectivity index (χ3n) is 5.11. The van der Waals surface area contributed by atoms with Gasteiger partial charge in [0.15, 0.2) is 0 Å². The minimum atomic E-state index is -0.793. The van der Waals surface area contributed by atoms with E-state index in [4.69, 9.17) is 16.3 Å². The van der Waals surface area contributed by atoms with Gasteiger partial charge in [0, 0.05) is 15.1 Å². The van der Waals surface area contributed by atoms with Gasteiger partial charge >= 0.3 is 6.03 Å². The van der Waals surface area contributed by atoms with E-state index in [1.165, 1.54) is 6.08 Å². The van der Waals surface area contributed by atoms with E-state index in [2.05, 4.69) is 37.2 Å². The number of nitrogens with zero attached hydrogens (tertiary/aromatic N) is 1. The van der Waals surface area contributed by atoms with E-state index < -0.39 is 17.8 Å². The van der Waals surface area contributed by atoms with Gasteiger partial charge in [0.2, 0.25) is 0 Å². The molecule has 1 saturated heterocycles. The molecule has 4 rings (SSSR count). The van der Waals surface area contributed by atoms with Gasteiger partial charge in [0.25, 0.3) is 11.8 Å². The topological polar surface area (TPSA) is 75.7 Å². The Morgan fingerprint density at radius 3 is 2.47 bits per heavy atom. The van der Waals surface area contributed by atoms with Gasteiger partial charge in [-0.25, -0.2) is 9.69 Å². The van der Waals surface area contributed by atoms with Gasteiger partial charge in [-0.3, -0.25) is 14.9 Å². The van der Waals surface area contributed by atoms with Gasteiger partial charge in [0.1, 0.15) is 17.9 Å². The normalized spacial score (nSPS) is 15.0. The molecule has 172 valence electrons. The lowest BCUT2D eigenvalue weighted by Gasteiger charge is -2.26. The van der Waals surface area contributed by atoms with Crippen molar-refractivity contribution < 1.29 is 19.1 Å². The molecule has 1 N–H and O–H groups in total. The summed E-state index contributed by atoms with van der Waals surface area (Å²) < 4.78 is 7.32. The standard InChI is InChI=1S/C25H17Br2ClN2O4/c1-14-10-17(7-8-19(14)26)30-24(32)18(23(31)29-25(30)33)11-15-6-9-22(20(27)12-15)34-13-16-4-2-3-5-21(16)28/h2-12H,13H2,1H3,(H,29,31,33)/b18-11+. The molecule has 0 radical (unpaired) electrons. The van der Waals surface area contributed by atoms with Crippen LogP contribution in [-0.2, 0) is 16.2 Å². The third-order valence-corrected chi connectivity index (χ3v) is 6.99. The molecular formula is C25H17Br2ClN2O4. The molecule has 3 aromatic carbocycles. The molecule has 0 aliphatic carbocycles. The highest BCUT2D eigenvalue weighted by molar-refractivity contribution is 9.10. The van der Waals surface area contributed by atoms with Crippen molar-refractivity contribution in [1.29, 1.82) is 0 Å². The summed E-state index contributed by atoms with van der Waals surface area (Å²) in [5, 5.41) is 2.84. The van der Waals surface area contributed by atoms with Crippen LogP contribution in [0.1, 0.15) is 16.7 Å². The SMILES string of the molecule is Cc1cc(N2C(=O)NC(=O)/C(=C\c3ccc(OCc4ccccc4Cl)c(Br)c3)C2=O)ccc1Br. The van der Waals surface area contributed by atoms with Crippen LogP contribution in [0.2, 0.25) is 5.02 Å². The number of halogens is 3. The van der Waals surface area contributed by atoms with Crippen molar-refractivity contribution in [2.45, 2.75) is 13.5 Å². The van der Waals surface area contributed by atoms with Crippen LogP contribution in [0.3, 0.4) is 0 Å². The largest absolute Gasteiger partial charge is 0.488 e. The van der Waals surface area contributed by atoms with Crippen LogP contribution in [0.15, 0.2) is 75.2 Å². The highest BCUT2D eigenvalue weighted by Crippen LogP contribution is 2.30. The van der Waals surface area contributed by atoms with Gasteiger partial charge < -0.3 is 4.74 Å². The lowest BCUT2D eigenvalue weighted by atomic mass is 10.1. The number of carbonyl (C=O) groups is 3. The highest BCUT2D eigenvalue weighted by Gasteiger charge is 2.36. The zero-order chi connectivity index (χ0) is 24.4. The summed E-state index contributed by atoms with van der Waals surface area (Å²) in [6.07, 6.45) is 1.44. The minimum Gasteiger partial charge on any atom is -0.488 e. The number of aryl methyl sites for hydroxylation is 1. The Balaban J connectivity index is 1.58. The molecule has 1 heterocycles. The summed E-state index contributed by atoms with van der Waals surface area (Å²) in [7, 11) is 0. The molecule has 0 atom stereocenters. The second kappa shape index (κ2) is 10.1. The molecule has 6 nitrogen and oxygen atoms in total. The van der Waals surface area contributed by atoms with Crippen LogP contribution in [0.4, 0.5) is 10.5 Å². The van der Waals surface area contributed by atoms with Crippen molar-refractivity contribution in [3.63, 3.8) is 0 Å². The number of amides is 4. The zero-order valence-electron chi connectivity index (χ0n) is 17.8. The number of benzene rings is 3. The smallest absolute Gasteiger partial charge is 0.335 e. The van der Waals surface area contributed by atoms with E-state index in [0.29, 0.717) is 26.5 Å². The molecule has 1 aliphatic rings. The maximum absolute atomic E-state index is 13.1. The van der Waals surface area contributed by atoms with E-state index in [1.54, 1.807) is 42.5 Å². The average Bonchev–Trinajstić information content (AvgIpc) is 2.79. The van der Waals surface area contributed by atoms with E-state index in [0.717, 1.165) is 20.5 Å². The number of nitrogens with one attached hydrogen (secondary N) is 1. The molecule has 0 saturated carbocycles. The fourth-order valence-electron chi connectivity index (χ4n) is 3.32. The van der Waals surface area contributed by atoms with Gasteiger partial charge in [-0.05, 0) is 76.5 Å². The molecule has 0 spiro atoms. The first kappa shape index (κ1) is 24.2. The van der Waals surface area contributed by atoms with Crippen LogP contribution in [0, 0.1) is 6.92 Å². The summed E-state index contributed by atoms with van der Waals surface area (Å²) in [5.41, 5.74) is 2.48. The van der Waals surface area contributed by atoms with Crippen LogP contribution in [-0.4, -0.2) is 17.8 Å². The second-order valence-corrected chi connectivity index (χ2v) is 9.58. The molecule has 1 aliphatic heterocycles. The predicted molar refractivity (Wildman–Crippen MR) is 138 cm³/mol. The number of hydrogen-bond acceptors (Lipinski definition) is 4. The molecule has 3 aromatic rings. The van der Waals surface area contributed by atoms with Crippen molar-refractivity contribution >= 4 is 73.1 Å². The number of ether oxygens (including phenoxy) is 1. The Morgan fingerprint density at radius 2 is 1.76 bits per heavy atom. The molecule has 0 bridgehead atoms. The maximum Gasteiger partial charge on any atom is 0.335 e. The number of urea groups is 1. The van der Waals surface area contributed by atoms with Gasteiger partial charge in [0.05, 0.1) is 10.2 Å². The highest BCUT2D eigenvalue weighted by atomic mass is 79.9. The lowest BCUT2D eigenvalue weighted by molar-refractivity contribution is -0.122. The first-order chi connectivity index (χ1) is 16.2. The zero-order valence-corrected chi connectivity index (χ0v) is 21.7. The number of carbonyl (C=O) groups excluding carboxylic acids is 3. The summed E-state index contributed by atoms with van der Waals surface area (Å²) in [4.78, 5) is 38.9. The van der Waals surface area contributed by atoms with Crippen LogP contribution >= 0.6 is 43.5 Å². The van der Waals surface area contributed by atoms with Gasteiger partial charge in [-0.1, -0.05) is 51.8 Å². The Kier molecular flexibility index (Phi) is 7.21. The van der Waals surface area contributed by atoms with E-state index in [-0.39, 0.29) is 12.2 Å². The monoisotopic (exact) mass is 602 g/mol. The van der Waals surface area contributed by atoms with Crippen LogP contribution in [0.5, 0.6) is 5.75 Å². The van der Waals surface area contributed by atoms with Crippen LogP contribution in [0.25, 0.3) is 6.08 Å². The van der Waals surface area contributed by atoms with Crippen molar-refractivity contribution in [2.24, 2.45) is 0 Å². The lowest BCUT2D eigenvalue weighted by Crippen LogP contribution is -2.54. The fraction of sp³-hybridized carbons (Fsp3) is 0.0800. The van der Waals surface area contributed by atoms with Crippen LogP contribution < -0.4 is 15.0 Å². The molecule has 4 amide bonds. The molecule has 0 aromatic heterocycles. The minimum absolute atomic E-state index is 0.156. The number of anilines is 1. The number of barbiturate groups is 1. The Bertz CT molecular complexity index is 1360. The fourth-order valence-corrected chi connectivity index (χ4v) is 4.27. The molecule has 1 fully saturated rings. The maximum atomic E-state index is 13.1. The van der Waals surface area contributed by atoms with Crippen molar-refractivity contribution in [3.8, 4) is 5.75 Å². The van der Waals surface area contributed by atoms with Crippen molar-refractivity contribution in [3.05, 3.63) is 96.9 Å². The number of hydrogen-bond donors (Lipinski definition) is 1. The van der Waals surface area contributed by atoms with E-state index >= 15 is 0 Å². The van der Waals surface area contributed by atoms with Gasteiger partial charge in [-0.2, -0.15) is 0 Å². The summed E-state index contributed by atoms with van der Waals surface area (Å²) >= 11 is 13.0. The number of rotatable bonds is 5. The first-order valence-corrected chi connectivity index (χ1v) is 12.0. The Hall–Kier alpha value is -2.94. The second-order valence-electron chi connectivity index (χ2n) is 7.46. The number of imide groups is 2. The molecule has 9 heteroatoms. The summed E-state index contributed by atoms with van der Waals surface area (Å²) in [6.45, 7) is 2.12. The summed E-state index contributed by atoms with van der Waals surface area (Å²) in [6, 6.07) is 16.8. The first-order valence-electron chi connectivity index (χ1n) is 10.1. The van der Waals surface area contributed by atoms with E-state index in [9.17, 15) is 14.4 Å². The molecular weight excluding hydrogens is 588 g/mol. The third kappa shape index (κ3) is 5.09. The molecule has 34 heavy (non-hydrogen) atoms. The average molecular weight is 605 g/mol. The molecule has 0 unspecified atom stereocenters.